The predicted octanol–water partition coefficient (Wildman–Crippen LogP) is 2.20. The molecule has 90 valence electrons. The van der Waals surface area contributed by atoms with Crippen LogP contribution in [0, 0.1) is 11.8 Å². The molecule has 0 amide bonds. The standard InChI is InChI=1S/C11H22O3S/c1-4-5-10(3)11(15(13)14)8-9(2)6-7-12/h4,9-12H,1,5-8H2,2-3H3,(H,13,14)/t9-,10+,11-/m0/s1. The number of aliphatic hydroxyl groups is 1. The first kappa shape index (κ1) is 14.8. The number of rotatable bonds is 8. The van der Waals surface area contributed by atoms with Crippen molar-refractivity contribution in [2.75, 3.05) is 6.61 Å². The van der Waals surface area contributed by atoms with Crippen molar-refractivity contribution in [3.63, 3.8) is 0 Å². The van der Waals surface area contributed by atoms with Crippen molar-refractivity contribution < 1.29 is 13.9 Å². The van der Waals surface area contributed by atoms with Gasteiger partial charge in [-0.1, -0.05) is 19.9 Å². The highest BCUT2D eigenvalue weighted by molar-refractivity contribution is 7.79. The van der Waals surface area contributed by atoms with E-state index >= 15 is 0 Å². The topological polar surface area (TPSA) is 57.5 Å². The average molecular weight is 234 g/mol. The fourth-order valence-electron chi connectivity index (χ4n) is 1.66. The van der Waals surface area contributed by atoms with Crippen LogP contribution in [-0.4, -0.2) is 25.7 Å². The summed E-state index contributed by atoms with van der Waals surface area (Å²) in [5.41, 5.74) is 0. The number of hydrogen-bond acceptors (Lipinski definition) is 2. The molecule has 0 heterocycles. The molecule has 0 rings (SSSR count). The van der Waals surface area contributed by atoms with Gasteiger partial charge in [0.2, 0.25) is 0 Å². The zero-order valence-electron chi connectivity index (χ0n) is 9.56. The van der Waals surface area contributed by atoms with Crippen LogP contribution in [0.3, 0.4) is 0 Å². The molecule has 0 fully saturated rings. The van der Waals surface area contributed by atoms with Crippen LogP contribution >= 0.6 is 0 Å². The van der Waals surface area contributed by atoms with Gasteiger partial charge >= 0.3 is 0 Å². The van der Waals surface area contributed by atoms with Crippen LogP contribution in [0.4, 0.5) is 0 Å². The van der Waals surface area contributed by atoms with Crippen LogP contribution in [0.1, 0.15) is 33.1 Å². The Labute approximate surface area is 94.9 Å². The van der Waals surface area contributed by atoms with Gasteiger partial charge in [-0.2, -0.15) is 0 Å². The van der Waals surface area contributed by atoms with Gasteiger partial charge in [-0.25, -0.2) is 4.21 Å². The Morgan fingerprint density at radius 3 is 2.47 bits per heavy atom. The van der Waals surface area contributed by atoms with Gasteiger partial charge in [0.25, 0.3) is 0 Å². The van der Waals surface area contributed by atoms with E-state index in [9.17, 15) is 8.76 Å². The summed E-state index contributed by atoms with van der Waals surface area (Å²) in [5, 5.41) is 8.56. The van der Waals surface area contributed by atoms with Crippen LogP contribution in [0.25, 0.3) is 0 Å². The Hall–Kier alpha value is -0.190. The van der Waals surface area contributed by atoms with E-state index in [2.05, 4.69) is 6.58 Å². The van der Waals surface area contributed by atoms with Gasteiger partial charge in [-0.3, -0.25) is 0 Å². The number of allylic oxidation sites excluding steroid dienone is 1. The molecule has 0 bridgehead atoms. The summed E-state index contributed by atoms with van der Waals surface area (Å²) in [5.74, 6) is 0.442. The quantitative estimate of drug-likeness (QED) is 0.500. The first-order valence-corrected chi connectivity index (χ1v) is 6.51. The minimum absolute atomic E-state index is 0.141. The molecule has 0 radical (unpaired) electrons. The lowest BCUT2D eigenvalue weighted by Crippen LogP contribution is -2.25. The third-order valence-electron chi connectivity index (χ3n) is 2.69. The molecule has 0 aromatic rings. The molecular weight excluding hydrogens is 212 g/mol. The Morgan fingerprint density at radius 1 is 1.47 bits per heavy atom. The summed E-state index contributed by atoms with van der Waals surface area (Å²) >= 11 is -1.79. The molecule has 3 nitrogen and oxygen atoms in total. The second kappa shape index (κ2) is 8.02. The Balaban J connectivity index is 4.26. The third-order valence-corrected chi connectivity index (χ3v) is 3.86. The molecule has 0 aromatic heterocycles. The van der Waals surface area contributed by atoms with Crippen LogP contribution in [0.15, 0.2) is 12.7 Å². The van der Waals surface area contributed by atoms with E-state index in [1.165, 1.54) is 0 Å². The van der Waals surface area contributed by atoms with Crippen molar-refractivity contribution >= 4 is 11.1 Å². The average Bonchev–Trinajstić information content (AvgIpc) is 2.14. The summed E-state index contributed by atoms with van der Waals surface area (Å²) < 4.78 is 20.4. The Bertz CT molecular complexity index is 206. The summed E-state index contributed by atoms with van der Waals surface area (Å²) in [7, 11) is 0. The number of aliphatic hydroxyl groups excluding tert-OH is 1. The SMILES string of the molecule is C=CC[C@@H](C)[C@H](C[C@@H](C)CCO)S(=O)O. The molecule has 0 aromatic carbocycles. The van der Waals surface area contributed by atoms with Gasteiger partial charge in [0.1, 0.15) is 0 Å². The molecule has 1 unspecified atom stereocenters. The first-order valence-electron chi connectivity index (χ1n) is 5.34. The van der Waals surface area contributed by atoms with Crippen molar-refractivity contribution in [1.29, 1.82) is 0 Å². The van der Waals surface area contributed by atoms with Gasteiger partial charge in [-0.05, 0) is 31.1 Å². The number of hydrogen-bond donors (Lipinski definition) is 2. The molecule has 4 heteroatoms. The lowest BCUT2D eigenvalue weighted by Gasteiger charge is -2.22. The van der Waals surface area contributed by atoms with E-state index in [-0.39, 0.29) is 23.7 Å². The van der Waals surface area contributed by atoms with E-state index < -0.39 is 11.1 Å². The van der Waals surface area contributed by atoms with Crippen molar-refractivity contribution in [3.05, 3.63) is 12.7 Å². The second-order valence-electron chi connectivity index (χ2n) is 4.17. The van der Waals surface area contributed by atoms with Crippen molar-refractivity contribution in [2.24, 2.45) is 11.8 Å². The van der Waals surface area contributed by atoms with Gasteiger partial charge in [0.05, 0.1) is 5.25 Å². The molecule has 0 aliphatic heterocycles. The molecular formula is C11H22O3S. The molecule has 0 saturated carbocycles. The highest BCUT2D eigenvalue weighted by Crippen LogP contribution is 2.22. The normalized spacial score (nSPS) is 19.2. The molecule has 15 heavy (non-hydrogen) atoms. The van der Waals surface area contributed by atoms with Crippen molar-refractivity contribution in [3.8, 4) is 0 Å². The monoisotopic (exact) mass is 234 g/mol. The zero-order chi connectivity index (χ0) is 11.8. The third kappa shape index (κ3) is 6.07. The van der Waals surface area contributed by atoms with Gasteiger partial charge < -0.3 is 9.66 Å². The fraction of sp³-hybridized carbons (Fsp3) is 0.818. The Morgan fingerprint density at radius 2 is 2.07 bits per heavy atom. The van der Waals surface area contributed by atoms with E-state index in [0.29, 0.717) is 12.8 Å². The van der Waals surface area contributed by atoms with Crippen molar-refractivity contribution in [1.82, 2.24) is 0 Å². The second-order valence-corrected chi connectivity index (χ2v) is 5.33. The fourth-order valence-corrected chi connectivity index (χ4v) is 2.66. The van der Waals surface area contributed by atoms with E-state index in [0.717, 1.165) is 6.42 Å². The van der Waals surface area contributed by atoms with Crippen LogP contribution in [-0.2, 0) is 11.1 Å². The maximum atomic E-state index is 11.2. The summed E-state index contributed by atoms with van der Waals surface area (Å²) in [4.78, 5) is 0. The molecule has 0 aliphatic rings. The van der Waals surface area contributed by atoms with E-state index in [4.69, 9.17) is 5.11 Å². The molecule has 0 spiro atoms. The van der Waals surface area contributed by atoms with Gasteiger partial charge in [-0.15, -0.1) is 6.58 Å². The summed E-state index contributed by atoms with van der Waals surface area (Å²) in [6, 6.07) is 0. The van der Waals surface area contributed by atoms with Crippen LogP contribution < -0.4 is 0 Å². The van der Waals surface area contributed by atoms with E-state index in [1.54, 1.807) is 6.08 Å². The minimum atomic E-state index is -1.79. The van der Waals surface area contributed by atoms with E-state index in [1.807, 2.05) is 13.8 Å². The highest BCUT2D eigenvalue weighted by atomic mass is 32.2. The van der Waals surface area contributed by atoms with Gasteiger partial charge in [0, 0.05) is 6.61 Å². The molecule has 2 N–H and O–H groups in total. The smallest absolute Gasteiger partial charge is 0.156 e. The summed E-state index contributed by atoms with van der Waals surface area (Å²) in [6.07, 6.45) is 3.90. The van der Waals surface area contributed by atoms with Gasteiger partial charge in [0.15, 0.2) is 11.1 Å². The maximum Gasteiger partial charge on any atom is 0.156 e. The minimum Gasteiger partial charge on any atom is -0.396 e. The molecule has 4 atom stereocenters. The largest absolute Gasteiger partial charge is 0.396 e. The lowest BCUT2D eigenvalue weighted by atomic mass is 9.93. The highest BCUT2D eigenvalue weighted by Gasteiger charge is 2.23. The first-order chi connectivity index (χ1) is 7.02. The maximum absolute atomic E-state index is 11.2. The summed E-state index contributed by atoms with van der Waals surface area (Å²) in [6.45, 7) is 7.74. The lowest BCUT2D eigenvalue weighted by molar-refractivity contribution is 0.253. The van der Waals surface area contributed by atoms with Crippen LogP contribution in [0.5, 0.6) is 0 Å². The van der Waals surface area contributed by atoms with Crippen molar-refractivity contribution in [2.45, 2.75) is 38.4 Å². The molecule has 0 saturated heterocycles. The Kier molecular flexibility index (Phi) is 7.92. The predicted molar refractivity (Wildman–Crippen MR) is 64.0 cm³/mol. The zero-order valence-corrected chi connectivity index (χ0v) is 10.4. The van der Waals surface area contributed by atoms with Crippen LogP contribution in [0.2, 0.25) is 0 Å². The molecule has 0 aliphatic carbocycles.